The van der Waals surface area contributed by atoms with E-state index in [1.165, 1.54) is 11.1 Å². The van der Waals surface area contributed by atoms with Crippen LogP contribution >= 0.6 is 11.6 Å². The van der Waals surface area contributed by atoms with E-state index in [4.69, 9.17) is 16.3 Å². The Hall–Kier alpha value is -1.80. The molecule has 0 N–H and O–H groups in total. The summed E-state index contributed by atoms with van der Waals surface area (Å²) in [7, 11) is 0. The number of halogens is 1. The van der Waals surface area contributed by atoms with Crippen LogP contribution in [0.25, 0.3) is 0 Å². The Labute approximate surface area is 124 Å². The van der Waals surface area contributed by atoms with Crippen molar-refractivity contribution in [1.29, 1.82) is 0 Å². The molecule has 1 aliphatic rings. The zero-order valence-corrected chi connectivity index (χ0v) is 12.1. The van der Waals surface area contributed by atoms with Gasteiger partial charge in [-0.3, -0.25) is 0 Å². The van der Waals surface area contributed by atoms with Gasteiger partial charge < -0.3 is 4.74 Å². The molecule has 0 aromatic heterocycles. The third kappa shape index (κ3) is 3.02. The van der Waals surface area contributed by atoms with E-state index in [1.807, 2.05) is 24.3 Å². The van der Waals surface area contributed by atoms with Crippen molar-refractivity contribution in [2.75, 3.05) is 6.61 Å². The molecule has 1 atom stereocenters. The lowest BCUT2D eigenvalue weighted by Gasteiger charge is -2.05. The van der Waals surface area contributed by atoms with Gasteiger partial charge in [0.2, 0.25) is 5.90 Å². The van der Waals surface area contributed by atoms with Crippen molar-refractivity contribution in [2.45, 2.75) is 19.4 Å². The number of aliphatic imine (C=N–C) groups is 1. The highest BCUT2D eigenvalue weighted by Gasteiger charge is 2.20. The number of ether oxygens (including phenoxy) is 1. The van der Waals surface area contributed by atoms with Gasteiger partial charge in [0.1, 0.15) is 6.61 Å². The third-order valence-corrected chi connectivity index (χ3v) is 3.61. The smallest absolute Gasteiger partial charge is 0.216 e. The summed E-state index contributed by atoms with van der Waals surface area (Å²) in [6.45, 7) is 2.73. The van der Waals surface area contributed by atoms with Crippen molar-refractivity contribution in [2.24, 2.45) is 4.99 Å². The maximum absolute atomic E-state index is 5.99. The molecule has 3 rings (SSSR count). The first-order valence-corrected chi connectivity index (χ1v) is 7.10. The molecule has 0 bridgehead atoms. The number of rotatable bonds is 3. The van der Waals surface area contributed by atoms with Crippen LogP contribution in [0.1, 0.15) is 16.7 Å². The zero-order chi connectivity index (χ0) is 13.9. The molecule has 0 amide bonds. The fraction of sp³-hybridized carbons (Fsp3) is 0.235. The van der Waals surface area contributed by atoms with Crippen LogP contribution in [0.3, 0.4) is 0 Å². The van der Waals surface area contributed by atoms with Gasteiger partial charge in [0, 0.05) is 10.6 Å². The molecule has 1 aliphatic heterocycles. The average molecular weight is 286 g/mol. The van der Waals surface area contributed by atoms with Gasteiger partial charge in [-0.2, -0.15) is 0 Å². The Bertz CT molecular complexity index is 634. The van der Waals surface area contributed by atoms with Gasteiger partial charge in [0.25, 0.3) is 0 Å². The third-order valence-electron chi connectivity index (χ3n) is 3.38. The van der Waals surface area contributed by atoms with Crippen molar-refractivity contribution < 1.29 is 4.74 Å². The molecular formula is C17H16ClNO. The van der Waals surface area contributed by atoms with Gasteiger partial charge in [-0.05, 0) is 37.1 Å². The highest BCUT2D eigenvalue weighted by molar-refractivity contribution is 6.30. The number of benzene rings is 2. The van der Waals surface area contributed by atoms with Crippen molar-refractivity contribution in [3.05, 3.63) is 70.2 Å². The molecule has 1 heterocycles. The van der Waals surface area contributed by atoms with Crippen LogP contribution in [0.15, 0.2) is 53.5 Å². The van der Waals surface area contributed by atoms with E-state index < -0.39 is 0 Å². The molecule has 2 aromatic carbocycles. The molecule has 3 heteroatoms. The molecule has 0 aliphatic carbocycles. The second-order valence-electron chi connectivity index (χ2n) is 5.10. The monoisotopic (exact) mass is 285 g/mol. The van der Waals surface area contributed by atoms with Gasteiger partial charge in [-0.25, -0.2) is 4.99 Å². The molecule has 20 heavy (non-hydrogen) atoms. The summed E-state index contributed by atoms with van der Waals surface area (Å²) in [5.74, 6) is 0.699. The molecule has 0 radical (unpaired) electrons. The van der Waals surface area contributed by atoms with E-state index in [-0.39, 0.29) is 6.04 Å². The van der Waals surface area contributed by atoms with Gasteiger partial charge in [-0.15, -0.1) is 0 Å². The summed E-state index contributed by atoms with van der Waals surface area (Å²) in [5.41, 5.74) is 3.52. The number of hydrogen-bond acceptors (Lipinski definition) is 2. The van der Waals surface area contributed by atoms with Crippen LogP contribution in [0.2, 0.25) is 5.02 Å². The Balaban J connectivity index is 1.73. The minimum atomic E-state index is 0.187. The molecule has 0 saturated heterocycles. The zero-order valence-electron chi connectivity index (χ0n) is 11.3. The molecule has 0 fully saturated rings. The van der Waals surface area contributed by atoms with Crippen molar-refractivity contribution in [1.82, 2.24) is 0 Å². The van der Waals surface area contributed by atoms with E-state index in [9.17, 15) is 0 Å². The maximum Gasteiger partial charge on any atom is 0.216 e. The largest absolute Gasteiger partial charge is 0.475 e. The quantitative estimate of drug-likeness (QED) is 0.834. The van der Waals surface area contributed by atoms with Crippen LogP contribution in [0.5, 0.6) is 0 Å². The minimum absolute atomic E-state index is 0.187. The van der Waals surface area contributed by atoms with E-state index >= 15 is 0 Å². The summed E-state index contributed by atoms with van der Waals surface area (Å²) >= 11 is 5.99. The predicted octanol–water partition coefficient (Wildman–Crippen LogP) is 4.04. The van der Waals surface area contributed by atoms with Crippen LogP contribution in [0, 0.1) is 6.92 Å². The summed E-state index contributed by atoms with van der Waals surface area (Å²) in [6.07, 6.45) is 0.907. The molecule has 102 valence electrons. The fourth-order valence-corrected chi connectivity index (χ4v) is 2.49. The fourth-order valence-electron chi connectivity index (χ4n) is 2.30. The topological polar surface area (TPSA) is 21.6 Å². The minimum Gasteiger partial charge on any atom is -0.475 e. The van der Waals surface area contributed by atoms with E-state index in [1.54, 1.807) is 0 Å². The molecule has 2 nitrogen and oxygen atoms in total. The molecule has 1 unspecified atom stereocenters. The Morgan fingerprint density at radius 1 is 1.20 bits per heavy atom. The van der Waals surface area contributed by atoms with Crippen LogP contribution < -0.4 is 0 Å². The van der Waals surface area contributed by atoms with Crippen LogP contribution in [0.4, 0.5) is 0 Å². The van der Waals surface area contributed by atoms with Crippen molar-refractivity contribution in [3.8, 4) is 0 Å². The van der Waals surface area contributed by atoms with E-state index in [0.29, 0.717) is 17.5 Å². The Morgan fingerprint density at radius 3 is 2.75 bits per heavy atom. The van der Waals surface area contributed by atoms with Gasteiger partial charge in [0.15, 0.2) is 0 Å². The molecule has 0 spiro atoms. The molecule has 2 aromatic rings. The molecular weight excluding hydrogens is 270 g/mol. The molecule has 0 saturated carbocycles. The number of hydrogen-bond donors (Lipinski definition) is 0. The Kier molecular flexibility index (Phi) is 3.75. The lowest BCUT2D eigenvalue weighted by atomic mass is 10.1. The van der Waals surface area contributed by atoms with Crippen molar-refractivity contribution in [3.63, 3.8) is 0 Å². The first-order valence-electron chi connectivity index (χ1n) is 6.73. The van der Waals surface area contributed by atoms with Gasteiger partial charge >= 0.3 is 0 Å². The standard InChI is InChI=1S/C17H16ClNO/c1-12-5-7-13(8-6-12)9-16-11-20-17(19-16)14-3-2-4-15(18)10-14/h2-8,10,16H,9,11H2,1H3. The van der Waals surface area contributed by atoms with Crippen molar-refractivity contribution >= 4 is 17.5 Å². The SMILES string of the molecule is Cc1ccc(CC2COC(c3cccc(Cl)c3)=N2)cc1. The summed E-state index contributed by atoms with van der Waals surface area (Å²) in [6, 6.07) is 16.4. The maximum atomic E-state index is 5.99. The van der Waals surface area contributed by atoms with E-state index in [2.05, 4.69) is 36.2 Å². The predicted molar refractivity (Wildman–Crippen MR) is 82.6 cm³/mol. The second kappa shape index (κ2) is 5.68. The van der Waals surface area contributed by atoms with E-state index in [0.717, 1.165) is 12.0 Å². The highest BCUT2D eigenvalue weighted by Crippen LogP contribution is 2.18. The van der Waals surface area contributed by atoms with Gasteiger partial charge in [-0.1, -0.05) is 47.5 Å². The van der Waals surface area contributed by atoms with Crippen LogP contribution in [-0.4, -0.2) is 18.5 Å². The second-order valence-corrected chi connectivity index (χ2v) is 5.54. The summed E-state index contributed by atoms with van der Waals surface area (Å²) in [4.78, 5) is 4.65. The number of aryl methyl sites for hydroxylation is 1. The average Bonchev–Trinajstić information content (AvgIpc) is 2.90. The summed E-state index contributed by atoms with van der Waals surface area (Å²) < 4.78 is 5.69. The first kappa shape index (κ1) is 13.2. The normalized spacial score (nSPS) is 17.7. The lowest BCUT2D eigenvalue weighted by molar-refractivity contribution is 0.317. The van der Waals surface area contributed by atoms with Crippen LogP contribution in [-0.2, 0) is 11.2 Å². The first-order chi connectivity index (χ1) is 9.70. The Morgan fingerprint density at radius 2 is 2.00 bits per heavy atom. The van der Waals surface area contributed by atoms with Gasteiger partial charge in [0.05, 0.1) is 6.04 Å². The highest BCUT2D eigenvalue weighted by atomic mass is 35.5. The number of nitrogens with zero attached hydrogens (tertiary/aromatic N) is 1. The summed E-state index contributed by atoms with van der Waals surface area (Å²) in [5, 5.41) is 0.704. The lowest BCUT2D eigenvalue weighted by Crippen LogP contribution is -2.09.